The molecule has 0 heterocycles. The Labute approximate surface area is 191 Å². The lowest BCUT2D eigenvalue weighted by molar-refractivity contribution is -0.0723. The van der Waals surface area contributed by atoms with Gasteiger partial charge in [0.15, 0.2) is 5.78 Å². The van der Waals surface area contributed by atoms with E-state index in [0.29, 0.717) is 26.4 Å². The van der Waals surface area contributed by atoms with E-state index in [9.17, 15) is 4.79 Å². The Bertz CT molecular complexity index is 541. The fourth-order valence-corrected chi connectivity index (χ4v) is 3.60. The van der Waals surface area contributed by atoms with Crippen molar-refractivity contribution in [3.8, 4) is 5.75 Å². The number of ether oxygens (including phenoxy) is 3. The lowest BCUT2D eigenvalue weighted by atomic mass is 10.0. The number of ketones is 1. The average molecular weight is 435 g/mol. The van der Waals surface area contributed by atoms with Crippen molar-refractivity contribution in [2.24, 2.45) is 0 Å². The molecule has 0 saturated heterocycles. The Morgan fingerprint density at radius 2 is 1.39 bits per heavy atom. The zero-order valence-corrected chi connectivity index (χ0v) is 20.3. The number of rotatable bonds is 21. The highest BCUT2D eigenvalue weighted by Crippen LogP contribution is 2.19. The van der Waals surface area contributed by atoms with Gasteiger partial charge in [0.1, 0.15) is 18.6 Å². The third-order valence-electron chi connectivity index (χ3n) is 5.54. The van der Waals surface area contributed by atoms with E-state index in [-0.39, 0.29) is 11.9 Å². The van der Waals surface area contributed by atoms with Crippen molar-refractivity contribution in [3.63, 3.8) is 0 Å². The highest BCUT2D eigenvalue weighted by molar-refractivity contribution is 5.96. The van der Waals surface area contributed by atoms with E-state index in [4.69, 9.17) is 14.2 Å². The van der Waals surface area contributed by atoms with Crippen LogP contribution >= 0.6 is 0 Å². The van der Waals surface area contributed by atoms with Gasteiger partial charge in [0.05, 0.1) is 6.61 Å². The van der Waals surface area contributed by atoms with Crippen LogP contribution in [0.25, 0.3) is 0 Å². The van der Waals surface area contributed by atoms with Crippen LogP contribution in [0.15, 0.2) is 24.3 Å². The summed E-state index contributed by atoms with van der Waals surface area (Å²) in [5, 5.41) is 0. The van der Waals surface area contributed by atoms with Gasteiger partial charge in [-0.25, -0.2) is 0 Å². The minimum atomic E-state index is 0.00625. The van der Waals surface area contributed by atoms with Crippen molar-refractivity contribution < 1.29 is 19.0 Å². The normalized spacial score (nSPS) is 12.1. The fourth-order valence-electron chi connectivity index (χ4n) is 3.60. The molecule has 1 rings (SSSR count). The summed E-state index contributed by atoms with van der Waals surface area (Å²) in [5.41, 5.74) is 0.780. The minimum Gasteiger partial charge on any atom is -0.488 e. The quantitative estimate of drug-likeness (QED) is 0.113. The zero-order chi connectivity index (χ0) is 22.6. The molecule has 0 spiro atoms. The van der Waals surface area contributed by atoms with E-state index in [1.807, 2.05) is 31.2 Å². The summed E-state index contributed by atoms with van der Waals surface area (Å²) >= 11 is 0. The Balaban J connectivity index is 2.45. The Morgan fingerprint density at radius 3 is 2.03 bits per heavy atom. The van der Waals surface area contributed by atoms with Gasteiger partial charge in [0, 0.05) is 18.6 Å². The number of carbonyl (C=O) groups excluding carboxylic acids is 1. The van der Waals surface area contributed by atoms with Crippen LogP contribution in [0.5, 0.6) is 5.75 Å². The fraction of sp³-hybridized carbons (Fsp3) is 0.741. The zero-order valence-electron chi connectivity index (χ0n) is 20.3. The second-order valence-electron chi connectivity index (χ2n) is 8.39. The smallest absolute Gasteiger partial charge is 0.162 e. The molecule has 0 aromatic heterocycles. The third-order valence-corrected chi connectivity index (χ3v) is 5.54. The van der Waals surface area contributed by atoms with Gasteiger partial charge in [0.2, 0.25) is 0 Å². The molecule has 1 atom stereocenters. The van der Waals surface area contributed by atoms with Crippen molar-refractivity contribution in [2.45, 2.75) is 110 Å². The number of carbonyl (C=O) groups is 1. The van der Waals surface area contributed by atoms with Crippen molar-refractivity contribution in [1.82, 2.24) is 0 Å². The molecule has 0 saturated carbocycles. The van der Waals surface area contributed by atoms with Crippen LogP contribution in [0.1, 0.15) is 115 Å². The summed E-state index contributed by atoms with van der Waals surface area (Å²) in [4.78, 5) is 12.4. The predicted molar refractivity (Wildman–Crippen MR) is 129 cm³/mol. The molecule has 31 heavy (non-hydrogen) atoms. The van der Waals surface area contributed by atoms with Crippen LogP contribution in [0.3, 0.4) is 0 Å². The van der Waals surface area contributed by atoms with Gasteiger partial charge >= 0.3 is 0 Å². The number of hydrogen-bond donors (Lipinski definition) is 0. The first kappa shape index (κ1) is 27.6. The Morgan fingerprint density at radius 1 is 0.774 bits per heavy atom. The van der Waals surface area contributed by atoms with Crippen molar-refractivity contribution in [2.75, 3.05) is 20.0 Å². The van der Waals surface area contributed by atoms with E-state index in [0.717, 1.165) is 37.0 Å². The Kier molecular flexibility index (Phi) is 17.2. The Hall–Kier alpha value is -1.39. The summed E-state index contributed by atoms with van der Waals surface area (Å²) in [6, 6.07) is 7.63. The first-order valence-corrected chi connectivity index (χ1v) is 12.7. The first-order valence-electron chi connectivity index (χ1n) is 12.7. The summed E-state index contributed by atoms with van der Waals surface area (Å²) < 4.78 is 17.1. The molecule has 1 aromatic rings. The van der Waals surface area contributed by atoms with Crippen LogP contribution in [0, 0.1) is 0 Å². The van der Waals surface area contributed by atoms with E-state index in [1.165, 1.54) is 51.4 Å². The molecule has 4 heteroatoms. The summed E-state index contributed by atoms with van der Waals surface area (Å²) in [6.07, 6.45) is 15.0. The molecule has 1 aromatic carbocycles. The maximum atomic E-state index is 12.4. The molecule has 0 amide bonds. The largest absolute Gasteiger partial charge is 0.488 e. The van der Waals surface area contributed by atoms with Crippen molar-refractivity contribution in [1.29, 1.82) is 0 Å². The van der Waals surface area contributed by atoms with Crippen molar-refractivity contribution >= 4 is 5.78 Å². The first-order chi connectivity index (χ1) is 15.2. The maximum absolute atomic E-state index is 12.4. The number of hydrogen-bond acceptors (Lipinski definition) is 4. The third kappa shape index (κ3) is 14.3. The molecule has 178 valence electrons. The van der Waals surface area contributed by atoms with Crippen LogP contribution < -0.4 is 4.74 Å². The SMILES string of the molecule is CCCCCCCCC(COCOCC)Oc1ccc(C(=O)CCCCCCC)cc1. The molecular weight excluding hydrogens is 388 g/mol. The lowest BCUT2D eigenvalue weighted by Gasteiger charge is -2.19. The maximum Gasteiger partial charge on any atom is 0.162 e. The molecule has 0 bridgehead atoms. The molecule has 0 aliphatic heterocycles. The van der Waals surface area contributed by atoms with Gasteiger partial charge in [-0.05, 0) is 50.5 Å². The predicted octanol–water partition coefficient (Wildman–Crippen LogP) is 7.74. The molecule has 0 aliphatic rings. The van der Waals surface area contributed by atoms with E-state index >= 15 is 0 Å². The molecule has 0 N–H and O–H groups in total. The number of unbranched alkanes of at least 4 members (excludes halogenated alkanes) is 9. The van der Waals surface area contributed by atoms with Gasteiger partial charge in [-0.15, -0.1) is 0 Å². The minimum absolute atomic E-state index is 0.00625. The van der Waals surface area contributed by atoms with E-state index < -0.39 is 0 Å². The van der Waals surface area contributed by atoms with Gasteiger partial charge in [-0.3, -0.25) is 4.79 Å². The van der Waals surface area contributed by atoms with Crippen LogP contribution in [-0.4, -0.2) is 31.9 Å². The summed E-state index contributed by atoms with van der Waals surface area (Å²) in [5.74, 6) is 1.03. The molecule has 0 aliphatic carbocycles. The number of benzene rings is 1. The molecule has 0 radical (unpaired) electrons. The molecule has 0 fully saturated rings. The van der Waals surface area contributed by atoms with Crippen LogP contribution in [-0.2, 0) is 9.47 Å². The second-order valence-corrected chi connectivity index (χ2v) is 8.39. The second kappa shape index (κ2) is 19.3. The van der Waals surface area contributed by atoms with E-state index in [2.05, 4.69) is 13.8 Å². The molecule has 4 nitrogen and oxygen atoms in total. The van der Waals surface area contributed by atoms with Gasteiger partial charge < -0.3 is 14.2 Å². The highest BCUT2D eigenvalue weighted by atomic mass is 16.7. The lowest BCUT2D eigenvalue weighted by Crippen LogP contribution is -2.24. The van der Waals surface area contributed by atoms with Gasteiger partial charge in [0.25, 0.3) is 0 Å². The van der Waals surface area contributed by atoms with E-state index in [1.54, 1.807) is 0 Å². The average Bonchev–Trinajstić information content (AvgIpc) is 2.79. The van der Waals surface area contributed by atoms with Gasteiger partial charge in [-0.1, -0.05) is 71.6 Å². The molecule has 1 unspecified atom stereocenters. The number of Topliss-reactive ketones (excluding diaryl/α,β-unsaturated/α-hetero) is 1. The topological polar surface area (TPSA) is 44.8 Å². The van der Waals surface area contributed by atoms with Crippen LogP contribution in [0.2, 0.25) is 0 Å². The monoisotopic (exact) mass is 434 g/mol. The highest BCUT2D eigenvalue weighted by Gasteiger charge is 2.12. The standard InChI is InChI=1S/C27H46O4/c1-4-7-9-11-13-14-16-26(22-30-23-29-6-3)31-25-20-18-24(19-21-25)27(28)17-15-12-10-8-5-2/h18-21,26H,4-17,22-23H2,1-3H3. The van der Waals surface area contributed by atoms with Gasteiger partial charge in [-0.2, -0.15) is 0 Å². The van der Waals surface area contributed by atoms with Crippen molar-refractivity contribution in [3.05, 3.63) is 29.8 Å². The summed E-state index contributed by atoms with van der Waals surface area (Å²) in [7, 11) is 0. The van der Waals surface area contributed by atoms with Crippen LogP contribution in [0.4, 0.5) is 0 Å². The summed E-state index contributed by atoms with van der Waals surface area (Å²) in [6.45, 7) is 7.88. The molecular formula is C27H46O4.